The smallest absolute Gasteiger partial charge is 0.394 e. The minimum atomic E-state index is 0.224. The SMILES string of the molecule is C1#CC1.CN=C(Oc1ccccc1)Oc1ccccc1. The van der Waals surface area contributed by atoms with E-state index in [1.165, 1.54) is 0 Å². The molecule has 3 heteroatoms. The van der Waals surface area contributed by atoms with Crippen molar-refractivity contribution >= 4 is 6.08 Å². The Morgan fingerprint density at radius 2 is 1.25 bits per heavy atom. The first-order valence-corrected chi connectivity index (χ1v) is 6.27. The van der Waals surface area contributed by atoms with Gasteiger partial charge in [0.2, 0.25) is 0 Å². The molecule has 3 nitrogen and oxygen atoms in total. The van der Waals surface area contributed by atoms with Crippen LogP contribution in [0.1, 0.15) is 6.42 Å². The van der Waals surface area contributed by atoms with E-state index in [1.54, 1.807) is 7.05 Å². The number of hydrogen-bond donors (Lipinski definition) is 0. The van der Waals surface area contributed by atoms with Crippen LogP contribution in [-0.4, -0.2) is 13.1 Å². The third-order valence-electron chi connectivity index (χ3n) is 2.26. The number of benzene rings is 2. The largest absolute Gasteiger partial charge is 0.411 e. The topological polar surface area (TPSA) is 30.8 Å². The first-order chi connectivity index (χ1) is 9.88. The number of para-hydroxylation sites is 2. The van der Waals surface area contributed by atoms with Gasteiger partial charge in [0.15, 0.2) is 0 Å². The Morgan fingerprint density at radius 3 is 1.55 bits per heavy atom. The van der Waals surface area contributed by atoms with Crippen molar-refractivity contribution in [2.75, 3.05) is 7.05 Å². The van der Waals surface area contributed by atoms with Gasteiger partial charge in [-0.15, -0.1) is 0 Å². The molecule has 2 aromatic carbocycles. The maximum atomic E-state index is 5.50. The summed E-state index contributed by atoms with van der Waals surface area (Å²) in [7, 11) is 1.63. The Kier molecular flexibility index (Phi) is 5.24. The molecule has 0 fully saturated rings. The van der Waals surface area contributed by atoms with Crippen molar-refractivity contribution in [2.45, 2.75) is 6.42 Å². The molecule has 0 bridgehead atoms. The summed E-state index contributed by atoms with van der Waals surface area (Å²) < 4.78 is 11.0. The molecule has 0 radical (unpaired) electrons. The molecule has 3 rings (SSSR count). The van der Waals surface area contributed by atoms with Gasteiger partial charge in [0.1, 0.15) is 11.5 Å². The first kappa shape index (κ1) is 13.7. The van der Waals surface area contributed by atoms with Crippen LogP contribution in [0.4, 0.5) is 0 Å². The summed E-state index contributed by atoms with van der Waals surface area (Å²) in [6, 6.07) is 18.8. The molecule has 0 heterocycles. The highest BCUT2D eigenvalue weighted by Crippen LogP contribution is 2.13. The van der Waals surface area contributed by atoms with E-state index in [0.717, 1.165) is 6.42 Å². The van der Waals surface area contributed by atoms with E-state index >= 15 is 0 Å². The van der Waals surface area contributed by atoms with Crippen LogP contribution in [0.5, 0.6) is 11.5 Å². The average Bonchev–Trinajstić information content (AvgIpc) is 3.37. The van der Waals surface area contributed by atoms with Crippen LogP contribution in [0.2, 0.25) is 0 Å². The molecule has 0 atom stereocenters. The number of hydrogen-bond acceptors (Lipinski definition) is 3. The lowest BCUT2D eigenvalue weighted by atomic mass is 10.3. The maximum absolute atomic E-state index is 5.50. The highest BCUT2D eigenvalue weighted by atomic mass is 16.7. The van der Waals surface area contributed by atoms with Gasteiger partial charge in [-0.1, -0.05) is 48.2 Å². The second-order valence-corrected chi connectivity index (χ2v) is 3.85. The lowest BCUT2D eigenvalue weighted by molar-refractivity contribution is 0.384. The van der Waals surface area contributed by atoms with Gasteiger partial charge in [0.05, 0.1) is 6.42 Å². The Balaban J connectivity index is 0.000000432. The van der Waals surface area contributed by atoms with Crippen molar-refractivity contribution in [3.8, 4) is 23.3 Å². The lowest BCUT2D eigenvalue weighted by Gasteiger charge is -2.08. The molecule has 2 aromatic rings. The van der Waals surface area contributed by atoms with E-state index in [1.807, 2.05) is 60.7 Å². The molecule has 0 saturated carbocycles. The Bertz CT molecular complexity index is 560. The summed E-state index contributed by atoms with van der Waals surface area (Å²) in [4.78, 5) is 3.95. The van der Waals surface area contributed by atoms with E-state index in [2.05, 4.69) is 16.8 Å². The van der Waals surface area contributed by atoms with Crippen LogP contribution in [0.25, 0.3) is 0 Å². The zero-order valence-corrected chi connectivity index (χ0v) is 11.2. The normalized spacial score (nSPS) is 10.1. The van der Waals surface area contributed by atoms with Gasteiger partial charge in [0, 0.05) is 7.05 Å². The van der Waals surface area contributed by atoms with E-state index in [9.17, 15) is 0 Å². The molecule has 0 aromatic heterocycles. The molecule has 1 aliphatic carbocycles. The van der Waals surface area contributed by atoms with Crippen molar-refractivity contribution < 1.29 is 9.47 Å². The molecule has 0 saturated heterocycles. The Hall–Kier alpha value is -2.73. The van der Waals surface area contributed by atoms with E-state index in [4.69, 9.17) is 9.47 Å². The maximum Gasteiger partial charge on any atom is 0.394 e. The standard InChI is InChI=1S/C14H13NO2.C3H2/c1-15-14(16-12-8-4-2-5-9-12)17-13-10-6-3-7-11-13;1-2-3-1/h2-11H,1H3;1H2. The van der Waals surface area contributed by atoms with Gasteiger partial charge in [-0.05, 0) is 24.3 Å². The summed E-state index contributed by atoms with van der Waals surface area (Å²) in [5.74, 6) is 6.90. The molecule has 0 amide bonds. The van der Waals surface area contributed by atoms with E-state index < -0.39 is 0 Å². The van der Waals surface area contributed by atoms with Crippen molar-refractivity contribution in [1.29, 1.82) is 0 Å². The summed E-state index contributed by atoms with van der Waals surface area (Å²) in [5, 5.41) is 0. The summed E-state index contributed by atoms with van der Waals surface area (Å²) in [6.45, 7) is 0. The van der Waals surface area contributed by atoms with Gasteiger partial charge in [-0.3, -0.25) is 0 Å². The lowest BCUT2D eigenvalue weighted by Crippen LogP contribution is -2.16. The van der Waals surface area contributed by atoms with Crippen molar-refractivity contribution in [2.24, 2.45) is 4.99 Å². The van der Waals surface area contributed by atoms with Gasteiger partial charge in [-0.2, -0.15) is 0 Å². The Morgan fingerprint density at radius 1 is 0.850 bits per heavy atom. The number of ether oxygens (including phenoxy) is 2. The van der Waals surface area contributed by atoms with Gasteiger partial charge < -0.3 is 9.47 Å². The highest BCUT2D eigenvalue weighted by Gasteiger charge is 2.04. The second-order valence-electron chi connectivity index (χ2n) is 3.85. The van der Waals surface area contributed by atoms with E-state index in [0.29, 0.717) is 11.5 Å². The average molecular weight is 265 g/mol. The molecular formula is C17H15NO2. The third-order valence-corrected chi connectivity index (χ3v) is 2.26. The minimum absolute atomic E-state index is 0.224. The van der Waals surface area contributed by atoms with Gasteiger partial charge in [0.25, 0.3) is 0 Å². The summed E-state index contributed by atoms with van der Waals surface area (Å²) >= 11 is 0. The molecule has 1 aliphatic rings. The Labute approximate surface area is 118 Å². The predicted molar refractivity (Wildman–Crippen MR) is 79.9 cm³/mol. The highest BCUT2D eigenvalue weighted by molar-refractivity contribution is 5.72. The molecule has 0 N–H and O–H groups in total. The molecule has 0 unspecified atom stereocenters. The molecule has 100 valence electrons. The zero-order valence-electron chi connectivity index (χ0n) is 11.2. The molecule has 20 heavy (non-hydrogen) atoms. The summed E-state index contributed by atoms with van der Waals surface area (Å²) in [6.07, 6.45) is 1.22. The van der Waals surface area contributed by atoms with Crippen LogP contribution >= 0.6 is 0 Å². The molecule has 0 aliphatic heterocycles. The van der Waals surface area contributed by atoms with Crippen LogP contribution in [0.15, 0.2) is 65.7 Å². The monoisotopic (exact) mass is 265 g/mol. The molecule has 0 spiro atoms. The fourth-order valence-electron chi connectivity index (χ4n) is 1.29. The van der Waals surface area contributed by atoms with Crippen LogP contribution < -0.4 is 9.47 Å². The van der Waals surface area contributed by atoms with Crippen LogP contribution in [-0.2, 0) is 0 Å². The second kappa shape index (κ2) is 7.65. The summed E-state index contributed by atoms with van der Waals surface area (Å²) in [5.41, 5.74) is 0. The zero-order chi connectivity index (χ0) is 14.0. The van der Waals surface area contributed by atoms with Crippen molar-refractivity contribution in [3.63, 3.8) is 0 Å². The quantitative estimate of drug-likeness (QED) is 0.472. The van der Waals surface area contributed by atoms with Crippen LogP contribution in [0, 0.1) is 11.8 Å². The fraction of sp³-hybridized carbons (Fsp3) is 0.118. The predicted octanol–water partition coefficient (Wildman–Crippen LogP) is 3.52. The fourth-order valence-corrected chi connectivity index (χ4v) is 1.29. The minimum Gasteiger partial charge on any atom is -0.411 e. The first-order valence-electron chi connectivity index (χ1n) is 6.27. The third kappa shape index (κ3) is 5.28. The van der Waals surface area contributed by atoms with E-state index in [-0.39, 0.29) is 6.08 Å². The number of aliphatic imine (C=N–C) groups is 1. The van der Waals surface area contributed by atoms with Gasteiger partial charge in [-0.25, -0.2) is 4.99 Å². The number of nitrogens with zero attached hydrogens (tertiary/aromatic N) is 1. The number of rotatable bonds is 2. The van der Waals surface area contributed by atoms with Crippen molar-refractivity contribution in [3.05, 3.63) is 60.7 Å². The molecular weight excluding hydrogens is 250 g/mol. The van der Waals surface area contributed by atoms with Gasteiger partial charge >= 0.3 is 6.08 Å². The van der Waals surface area contributed by atoms with Crippen molar-refractivity contribution in [1.82, 2.24) is 0 Å². The van der Waals surface area contributed by atoms with Crippen LogP contribution in [0.3, 0.4) is 0 Å².